The molecule has 0 rings (SSSR count). The first kappa shape index (κ1) is 8.49. The quantitative estimate of drug-likeness (QED) is 0.618. The van der Waals surface area contributed by atoms with Gasteiger partial charge >= 0.3 is 0 Å². The van der Waals surface area contributed by atoms with Gasteiger partial charge in [-0.1, -0.05) is 23.2 Å². The van der Waals surface area contributed by atoms with Crippen molar-refractivity contribution in [2.24, 2.45) is 0 Å². The van der Waals surface area contributed by atoms with Crippen LogP contribution in [0.1, 0.15) is 0 Å². The first-order valence-corrected chi connectivity index (χ1v) is 4.13. The van der Waals surface area contributed by atoms with Crippen LogP contribution >= 0.6 is 23.2 Å². The van der Waals surface area contributed by atoms with Gasteiger partial charge in [0, 0.05) is 0 Å². The van der Waals surface area contributed by atoms with Crippen molar-refractivity contribution in [3.63, 3.8) is 0 Å². The van der Waals surface area contributed by atoms with Crippen LogP contribution in [0.4, 0.5) is 0 Å². The summed E-state index contributed by atoms with van der Waals surface area (Å²) in [5, 5.41) is 0. The molecule has 0 aliphatic rings. The van der Waals surface area contributed by atoms with Gasteiger partial charge in [-0.25, -0.2) is 13.1 Å². The van der Waals surface area contributed by atoms with E-state index in [2.05, 4.69) is 0 Å². The molecule has 0 radical (unpaired) electrons. The molecule has 0 aromatic heterocycles. The molecule has 3 nitrogen and oxygen atoms in total. The van der Waals surface area contributed by atoms with E-state index < -0.39 is 14.2 Å². The topological polar surface area (TPSA) is 46.2 Å². The van der Waals surface area contributed by atoms with E-state index in [9.17, 15) is 8.42 Å². The van der Waals surface area contributed by atoms with Crippen LogP contribution in [0.5, 0.6) is 0 Å². The Hall–Kier alpha value is 0.490. The van der Waals surface area contributed by atoms with Gasteiger partial charge in [-0.2, -0.15) is 0 Å². The van der Waals surface area contributed by atoms with Crippen LogP contribution in [0.3, 0.4) is 0 Å². The third-order valence-electron chi connectivity index (χ3n) is 0.519. The molecule has 0 aromatic rings. The molecule has 1 N–H and O–H groups in total. The second kappa shape index (κ2) is 2.87. The van der Waals surface area contributed by atoms with E-state index in [1.54, 1.807) is 0 Å². The lowest BCUT2D eigenvalue weighted by atomic mass is 11.6. The summed E-state index contributed by atoms with van der Waals surface area (Å²) in [6.07, 6.45) is 0. The van der Waals surface area contributed by atoms with E-state index >= 15 is 0 Å². The maximum absolute atomic E-state index is 10.3. The van der Waals surface area contributed by atoms with Crippen molar-refractivity contribution < 1.29 is 8.42 Å². The lowest BCUT2D eigenvalue weighted by Gasteiger charge is -1.98. The number of hydrogen-bond donors (Lipinski definition) is 1. The smallest absolute Gasteiger partial charge is 0.216 e. The molecule has 0 fully saturated rings. The van der Waals surface area contributed by atoms with Gasteiger partial charge in [-0.05, 0) is 7.05 Å². The Kier molecular flexibility index (Phi) is 3.04. The van der Waals surface area contributed by atoms with Crippen LogP contribution < -0.4 is 4.72 Å². The summed E-state index contributed by atoms with van der Waals surface area (Å²) >= 11 is 9.97. The first-order valence-electron chi connectivity index (χ1n) is 1.71. The molecule has 0 atom stereocenters. The summed E-state index contributed by atoms with van der Waals surface area (Å²) in [5.41, 5.74) is 0. The monoisotopic (exact) mass is 177 g/mol. The van der Waals surface area contributed by atoms with Crippen molar-refractivity contribution in [3.05, 3.63) is 0 Å². The Morgan fingerprint density at radius 1 is 1.50 bits per heavy atom. The lowest BCUT2D eigenvalue weighted by Crippen LogP contribution is -2.24. The van der Waals surface area contributed by atoms with E-state index in [1.807, 2.05) is 4.72 Å². The molecule has 0 unspecified atom stereocenters. The van der Waals surface area contributed by atoms with Crippen molar-refractivity contribution >= 4 is 33.2 Å². The van der Waals surface area contributed by atoms with Gasteiger partial charge in [0.05, 0.1) is 0 Å². The maximum Gasteiger partial charge on any atom is 0.242 e. The number of halogens is 2. The van der Waals surface area contributed by atoms with Crippen molar-refractivity contribution in [2.45, 2.75) is 4.17 Å². The van der Waals surface area contributed by atoms with E-state index in [-0.39, 0.29) is 0 Å². The Morgan fingerprint density at radius 3 is 1.88 bits per heavy atom. The first-order chi connectivity index (χ1) is 3.50. The zero-order valence-electron chi connectivity index (χ0n) is 4.06. The van der Waals surface area contributed by atoms with E-state index in [1.165, 1.54) is 7.05 Å². The largest absolute Gasteiger partial charge is 0.242 e. The number of alkyl halides is 2. The minimum absolute atomic E-state index is 1.24. The zero-order valence-corrected chi connectivity index (χ0v) is 6.39. The third kappa shape index (κ3) is 2.17. The highest BCUT2D eigenvalue weighted by Crippen LogP contribution is 2.07. The highest BCUT2D eigenvalue weighted by molar-refractivity contribution is 7.92. The fourth-order valence-corrected chi connectivity index (χ4v) is 0.802. The molecule has 0 aliphatic carbocycles. The molecule has 0 aliphatic heterocycles. The van der Waals surface area contributed by atoms with Gasteiger partial charge in [0.15, 0.2) is 0 Å². The van der Waals surface area contributed by atoms with Crippen molar-refractivity contribution in [1.82, 2.24) is 4.72 Å². The summed E-state index contributed by atoms with van der Waals surface area (Å²) in [6.45, 7) is 0. The van der Waals surface area contributed by atoms with Gasteiger partial charge in [-0.15, -0.1) is 0 Å². The Bertz CT molecular complexity index is 151. The standard InChI is InChI=1S/C2H5Cl2NO2S/c1-5-8(6,7)2(3)4/h2,5H,1H3. The van der Waals surface area contributed by atoms with E-state index in [0.29, 0.717) is 0 Å². The van der Waals surface area contributed by atoms with Crippen LogP contribution in [0.2, 0.25) is 0 Å². The Balaban J connectivity index is 4.17. The number of rotatable bonds is 2. The van der Waals surface area contributed by atoms with Gasteiger partial charge < -0.3 is 0 Å². The van der Waals surface area contributed by atoms with Gasteiger partial charge in [0.2, 0.25) is 14.2 Å². The molecule has 0 amide bonds. The van der Waals surface area contributed by atoms with Crippen LogP contribution in [0.25, 0.3) is 0 Å². The SMILES string of the molecule is CNS(=O)(=O)C(Cl)Cl. The third-order valence-corrected chi connectivity index (χ3v) is 2.96. The number of hydrogen-bond acceptors (Lipinski definition) is 2. The fourth-order valence-electron chi connectivity index (χ4n) is 0.0891. The second-order valence-electron chi connectivity index (χ2n) is 1.01. The molecule has 0 heterocycles. The zero-order chi connectivity index (χ0) is 6.78. The highest BCUT2D eigenvalue weighted by atomic mass is 35.5. The van der Waals surface area contributed by atoms with Crippen LogP contribution in [-0.2, 0) is 10.0 Å². The van der Waals surface area contributed by atoms with Crippen molar-refractivity contribution in [3.8, 4) is 0 Å². The second-order valence-corrected chi connectivity index (χ2v) is 4.59. The lowest BCUT2D eigenvalue weighted by molar-refractivity contribution is 0.591. The van der Waals surface area contributed by atoms with E-state index in [0.717, 1.165) is 0 Å². The van der Waals surface area contributed by atoms with Crippen molar-refractivity contribution in [1.29, 1.82) is 0 Å². The van der Waals surface area contributed by atoms with Gasteiger partial charge in [-0.3, -0.25) is 0 Å². The molecule has 0 saturated carbocycles. The van der Waals surface area contributed by atoms with Gasteiger partial charge in [0.1, 0.15) is 0 Å². The number of sulfonamides is 1. The normalized spacial score (nSPS) is 12.5. The molecule has 6 heteroatoms. The minimum Gasteiger partial charge on any atom is -0.216 e. The molecule has 50 valence electrons. The molecular weight excluding hydrogens is 173 g/mol. The summed E-state index contributed by atoms with van der Waals surface area (Å²) < 4.78 is 21.2. The van der Waals surface area contributed by atoms with E-state index in [4.69, 9.17) is 23.2 Å². The minimum atomic E-state index is -3.46. The predicted octanol–water partition coefficient (Wildman–Crippen LogP) is 0.297. The maximum atomic E-state index is 10.3. The highest BCUT2D eigenvalue weighted by Gasteiger charge is 2.16. The Morgan fingerprint density at radius 2 is 1.88 bits per heavy atom. The summed E-state index contributed by atoms with van der Waals surface area (Å²) in [5.74, 6) is 0. The van der Waals surface area contributed by atoms with Crippen LogP contribution in [-0.4, -0.2) is 19.6 Å². The average molecular weight is 178 g/mol. The summed E-state index contributed by atoms with van der Waals surface area (Å²) in [7, 11) is -2.21. The number of nitrogens with one attached hydrogen (secondary N) is 1. The molecule has 0 spiro atoms. The molecule has 8 heavy (non-hydrogen) atoms. The summed E-state index contributed by atoms with van der Waals surface area (Å²) in [4.78, 5) is 0. The average Bonchev–Trinajstić information content (AvgIpc) is 1.67. The Labute approximate surface area is 58.0 Å². The molecule has 0 bridgehead atoms. The predicted molar refractivity (Wildman–Crippen MR) is 33.5 cm³/mol. The van der Waals surface area contributed by atoms with Crippen LogP contribution in [0.15, 0.2) is 0 Å². The molecular formula is C2H5Cl2NO2S. The van der Waals surface area contributed by atoms with Crippen molar-refractivity contribution in [2.75, 3.05) is 7.05 Å². The van der Waals surface area contributed by atoms with Gasteiger partial charge in [0.25, 0.3) is 0 Å². The summed E-state index contributed by atoms with van der Waals surface area (Å²) in [6, 6.07) is 0. The molecule has 0 aromatic carbocycles. The fraction of sp³-hybridized carbons (Fsp3) is 1.00. The van der Waals surface area contributed by atoms with Crippen LogP contribution in [0, 0.1) is 0 Å². The molecule has 0 saturated heterocycles.